The summed E-state index contributed by atoms with van der Waals surface area (Å²) in [6.07, 6.45) is 1.75. The molecule has 1 heterocycles. The van der Waals surface area contributed by atoms with Crippen LogP contribution in [0.5, 0.6) is 0 Å². The van der Waals surface area contributed by atoms with Crippen molar-refractivity contribution in [3.05, 3.63) is 76.9 Å². The van der Waals surface area contributed by atoms with Crippen LogP contribution in [0.25, 0.3) is 5.69 Å². The lowest BCUT2D eigenvalue weighted by Gasteiger charge is -2.08. The summed E-state index contributed by atoms with van der Waals surface area (Å²) >= 11 is 6.16. The molecule has 6 heteroatoms. The molecule has 1 N–H and O–H groups in total. The molecule has 3 aromatic rings. The summed E-state index contributed by atoms with van der Waals surface area (Å²) in [5, 5.41) is 7.74. The molecule has 1 aromatic heterocycles. The number of aromatic nitrogens is 2. The molecule has 0 aliphatic heterocycles. The van der Waals surface area contributed by atoms with Gasteiger partial charge in [-0.2, -0.15) is 0 Å². The Morgan fingerprint density at radius 2 is 1.92 bits per heavy atom. The van der Waals surface area contributed by atoms with E-state index in [9.17, 15) is 4.79 Å². The van der Waals surface area contributed by atoms with E-state index in [1.54, 1.807) is 36.2 Å². The largest absolute Gasteiger partial charge is 0.380 e. The highest BCUT2D eigenvalue weighted by molar-refractivity contribution is 6.32. The Morgan fingerprint density at radius 3 is 2.71 bits per heavy atom. The third kappa shape index (κ3) is 3.48. The van der Waals surface area contributed by atoms with Crippen molar-refractivity contribution in [2.24, 2.45) is 0 Å². The topological polar surface area (TPSA) is 56.1 Å². The standard InChI is InChI=1S/C18H16ClN3O2/c1-24-12-13-6-2-3-7-14(13)18(23)20-17-10-11-22(21-17)16-9-5-4-8-15(16)19/h2-11H,12H2,1H3,(H,20,21,23). The Balaban J connectivity index is 1.80. The Morgan fingerprint density at radius 1 is 1.17 bits per heavy atom. The van der Waals surface area contributed by atoms with Crippen molar-refractivity contribution in [2.75, 3.05) is 12.4 Å². The number of anilines is 1. The number of rotatable bonds is 5. The normalized spacial score (nSPS) is 10.6. The van der Waals surface area contributed by atoms with Crippen molar-refractivity contribution in [3.8, 4) is 5.69 Å². The van der Waals surface area contributed by atoms with E-state index >= 15 is 0 Å². The van der Waals surface area contributed by atoms with Gasteiger partial charge in [0.25, 0.3) is 5.91 Å². The van der Waals surface area contributed by atoms with Crippen molar-refractivity contribution < 1.29 is 9.53 Å². The quantitative estimate of drug-likeness (QED) is 0.765. The van der Waals surface area contributed by atoms with Crippen LogP contribution >= 0.6 is 11.6 Å². The minimum atomic E-state index is -0.230. The van der Waals surface area contributed by atoms with Gasteiger partial charge in [0.2, 0.25) is 0 Å². The molecule has 0 aliphatic carbocycles. The first-order valence-electron chi connectivity index (χ1n) is 7.38. The summed E-state index contributed by atoms with van der Waals surface area (Å²) in [5.41, 5.74) is 2.13. The van der Waals surface area contributed by atoms with Gasteiger partial charge in [-0.15, -0.1) is 5.10 Å². The van der Waals surface area contributed by atoms with Crippen LogP contribution in [0.15, 0.2) is 60.8 Å². The zero-order valence-electron chi connectivity index (χ0n) is 13.1. The molecule has 0 bridgehead atoms. The predicted molar refractivity (Wildman–Crippen MR) is 93.7 cm³/mol. The molecule has 0 fully saturated rings. The highest BCUT2D eigenvalue weighted by Gasteiger charge is 2.13. The fourth-order valence-corrected chi connectivity index (χ4v) is 2.59. The number of carbonyl (C=O) groups excluding carboxylic acids is 1. The van der Waals surface area contributed by atoms with Gasteiger partial charge >= 0.3 is 0 Å². The molecule has 0 atom stereocenters. The Bertz CT molecular complexity index is 861. The molecule has 0 radical (unpaired) electrons. The second-order valence-corrected chi connectivity index (χ2v) is 5.55. The summed E-state index contributed by atoms with van der Waals surface area (Å²) in [7, 11) is 1.60. The van der Waals surface area contributed by atoms with Crippen molar-refractivity contribution in [2.45, 2.75) is 6.61 Å². The van der Waals surface area contributed by atoms with E-state index < -0.39 is 0 Å². The number of para-hydroxylation sites is 1. The highest BCUT2D eigenvalue weighted by Crippen LogP contribution is 2.20. The summed E-state index contributed by atoms with van der Waals surface area (Å²) in [4.78, 5) is 12.5. The van der Waals surface area contributed by atoms with Gasteiger partial charge in [0, 0.05) is 24.9 Å². The molecular weight excluding hydrogens is 326 g/mol. The molecular formula is C18H16ClN3O2. The number of hydrogen-bond donors (Lipinski definition) is 1. The van der Waals surface area contributed by atoms with Crippen LogP contribution in [0.1, 0.15) is 15.9 Å². The molecule has 24 heavy (non-hydrogen) atoms. The van der Waals surface area contributed by atoms with Gasteiger partial charge in [0.15, 0.2) is 5.82 Å². The van der Waals surface area contributed by atoms with Crippen LogP contribution in [0, 0.1) is 0 Å². The zero-order chi connectivity index (χ0) is 16.9. The van der Waals surface area contributed by atoms with Gasteiger partial charge < -0.3 is 10.1 Å². The van der Waals surface area contributed by atoms with Crippen molar-refractivity contribution in [1.82, 2.24) is 9.78 Å². The average molecular weight is 342 g/mol. The number of methoxy groups -OCH3 is 1. The highest BCUT2D eigenvalue weighted by atomic mass is 35.5. The summed E-state index contributed by atoms with van der Waals surface area (Å²) in [6.45, 7) is 0.373. The summed E-state index contributed by atoms with van der Waals surface area (Å²) in [5.74, 6) is 0.221. The Kier molecular flexibility index (Phi) is 4.93. The number of ether oxygens (including phenoxy) is 1. The number of benzene rings is 2. The summed E-state index contributed by atoms with van der Waals surface area (Å²) < 4.78 is 6.75. The first kappa shape index (κ1) is 16.2. The van der Waals surface area contributed by atoms with Crippen molar-refractivity contribution >= 4 is 23.3 Å². The lowest BCUT2D eigenvalue weighted by molar-refractivity contribution is 0.102. The molecule has 122 valence electrons. The van der Waals surface area contributed by atoms with E-state index in [-0.39, 0.29) is 5.91 Å². The van der Waals surface area contributed by atoms with Crippen LogP contribution in [-0.4, -0.2) is 22.8 Å². The van der Waals surface area contributed by atoms with Crippen LogP contribution < -0.4 is 5.32 Å². The second-order valence-electron chi connectivity index (χ2n) is 5.14. The van der Waals surface area contributed by atoms with Crippen LogP contribution in [0.4, 0.5) is 5.82 Å². The maximum atomic E-state index is 12.5. The van der Waals surface area contributed by atoms with E-state index in [4.69, 9.17) is 16.3 Å². The van der Waals surface area contributed by atoms with Crippen LogP contribution in [-0.2, 0) is 11.3 Å². The summed E-state index contributed by atoms with van der Waals surface area (Å²) in [6, 6.07) is 16.4. The van der Waals surface area contributed by atoms with Gasteiger partial charge in [-0.05, 0) is 23.8 Å². The van der Waals surface area contributed by atoms with Crippen molar-refractivity contribution in [1.29, 1.82) is 0 Å². The molecule has 5 nitrogen and oxygen atoms in total. The molecule has 0 saturated carbocycles. The van der Waals surface area contributed by atoms with E-state index in [1.807, 2.05) is 36.4 Å². The Labute approximate surface area is 144 Å². The fourth-order valence-electron chi connectivity index (χ4n) is 2.37. The van der Waals surface area contributed by atoms with Gasteiger partial charge in [-0.1, -0.05) is 41.9 Å². The van der Waals surface area contributed by atoms with E-state index in [2.05, 4.69) is 10.4 Å². The smallest absolute Gasteiger partial charge is 0.257 e. The molecule has 0 unspecified atom stereocenters. The Hall–Kier alpha value is -2.63. The van der Waals surface area contributed by atoms with Gasteiger partial charge in [0.1, 0.15) is 0 Å². The van der Waals surface area contributed by atoms with E-state index in [0.29, 0.717) is 23.0 Å². The molecule has 0 aliphatic rings. The van der Waals surface area contributed by atoms with E-state index in [0.717, 1.165) is 11.3 Å². The number of nitrogens with zero attached hydrogens (tertiary/aromatic N) is 2. The first-order chi connectivity index (χ1) is 11.7. The molecule has 0 spiro atoms. The third-order valence-corrected chi connectivity index (χ3v) is 3.81. The molecule has 3 rings (SSSR count). The lowest BCUT2D eigenvalue weighted by atomic mass is 10.1. The van der Waals surface area contributed by atoms with Gasteiger partial charge in [-0.25, -0.2) is 4.68 Å². The SMILES string of the molecule is COCc1ccccc1C(=O)Nc1ccn(-c2ccccc2Cl)n1. The molecule has 2 aromatic carbocycles. The van der Waals surface area contributed by atoms with Crippen LogP contribution in [0.2, 0.25) is 5.02 Å². The maximum absolute atomic E-state index is 12.5. The van der Waals surface area contributed by atoms with Gasteiger partial charge in [-0.3, -0.25) is 4.79 Å². The van der Waals surface area contributed by atoms with Crippen LogP contribution in [0.3, 0.4) is 0 Å². The average Bonchev–Trinajstić information content (AvgIpc) is 3.04. The molecule has 0 saturated heterocycles. The number of carbonyl (C=O) groups is 1. The van der Waals surface area contributed by atoms with Gasteiger partial charge in [0.05, 0.1) is 17.3 Å². The predicted octanol–water partition coefficient (Wildman–Crippen LogP) is 3.92. The maximum Gasteiger partial charge on any atom is 0.257 e. The number of amides is 1. The molecule has 1 amide bonds. The van der Waals surface area contributed by atoms with Crippen molar-refractivity contribution in [3.63, 3.8) is 0 Å². The third-order valence-electron chi connectivity index (χ3n) is 3.49. The minimum Gasteiger partial charge on any atom is -0.380 e. The lowest BCUT2D eigenvalue weighted by Crippen LogP contribution is -2.15. The number of hydrogen-bond acceptors (Lipinski definition) is 3. The van der Waals surface area contributed by atoms with E-state index in [1.165, 1.54) is 0 Å². The second kappa shape index (κ2) is 7.29. The minimum absolute atomic E-state index is 0.230. The first-order valence-corrected chi connectivity index (χ1v) is 7.75. The number of nitrogens with one attached hydrogen (secondary N) is 1. The fraction of sp³-hybridized carbons (Fsp3) is 0.111. The zero-order valence-corrected chi connectivity index (χ0v) is 13.8. The monoisotopic (exact) mass is 341 g/mol. The number of halogens is 1.